The minimum atomic E-state index is 0.0181. The first kappa shape index (κ1) is 50.2. The highest BCUT2D eigenvalue weighted by Crippen LogP contribution is 2.38. The normalized spacial score (nSPS) is 15.3. The maximum atomic E-state index is 6.27. The van der Waals surface area contributed by atoms with Gasteiger partial charge in [0.15, 0.2) is 0 Å². The van der Waals surface area contributed by atoms with E-state index in [1.807, 2.05) is 127 Å². The Labute approximate surface area is 455 Å². The zero-order chi connectivity index (χ0) is 52.3. The van der Waals surface area contributed by atoms with Gasteiger partial charge in [0.2, 0.25) is 0 Å². The molecule has 0 bridgehead atoms. The third-order valence-corrected chi connectivity index (χ3v) is 15.3. The number of rotatable bonds is 17. The lowest BCUT2D eigenvalue weighted by Crippen LogP contribution is -2.05. The minimum Gasteiger partial charge on any atom is -0.424 e. The zero-order valence-corrected chi connectivity index (χ0v) is 43.7. The summed E-state index contributed by atoms with van der Waals surface area (Å²) < 4.78 is 37.4. The Morgan fingerprint density at radius 2 is 0.423 bits per heavy atom. The van der Waals surface area contributed by atoms with E-state index in [2.05, 4.69) is 78.4 Å². The van der Waals surface area contributed by atoms with E-state index >= 15 is 0 Å². The molecule has 0 radical (unpaired) electrons. The molecule has 3 aliphatic rings. The highest BCUT2D eigenvalue weighted by atomic mass is 16.5. The van der Waals surface area contributed by atoms with Crippen molar-refractivity contribution in [2.45, 2.75) is 114 Å². The Morgan fingerprint density at radius 3 is 0.654 bits per heavy atom. The minimum absolute atomic E-state index is 0.0181. The molecule has 0 N–H and O–H groups in total. The molecular weight excluding hydrogens is 973 g/mol. The predicted octanol–water partition coefficient (Wildman–Crippen LogP) is 18.3. The molecule has 392 valence electrons. The molecule has 0 saturated heterocycles. The maximum absolute atomic E-state index is 6.27. The van der Waals surface area contributed by atoms with Crippen LogP contribution >= 0.6 is 0 Å². The molecule has 3 saturated carbocycles. The van der Waals surface area contributed by atoms with Crippen molar-refractivity contribution in [2.75, 3.05) is 0 Å². The first-order valence-corrected chi connectivity index (χ1v) is 27.8. The fraction of sp³-hybridized carbons (Fsp3) is 0.273. The summed E-state index contributed by atoms with van der Waals surface area (Å²) in [7, 11) is 0. The monoisotopic (exact) mass is 1030 g/mol. The summed E-state index contributed by atoms with van der Waals surface area (Å²) in [6, 6.07) is 58.2. The van der Waals surface area contributed by atoms with Gasteiger partial charge in [-0.1, -0.05) is 161 Å². The van der Waals surface area contributed by atoms with Gasteiger partial charge < -0.3 is 28.4 Å². The summed E-state index contributed by atoms with van der Waals surface area (Å²) in [6.07, 6.45) is 18.9. The van der Waals surface area contributed by atoms with Gasteiger partial charge in [-0.25, -0.2) is 0 Å². The molecule has 7 aromatic carbocycles. The molecule has 9 aromatic rings. The standard InChI is InChI=1S/C66H62N6O6/c1-5-13-45(14-6-1)49-21-33-55(34-22-49)73-61-67-62(74-56-35-23-50(24-36-56)46-15-7-2-8-16-46)70-65(69-61)77-59-41-29-53(30-42-59)54-31-43-60(44-32-54)78-66-71-63(75-57-37-25-51(26-38-57)47-17-9-3-10-18-47)68-64(72-66)76-58-39-27-52(28-40-58)48-19-11-4-12-20-48/h1,5-6,13-14,21-44,46-48H,2-4,7-12,15-20H2. The van der Waals surface area contributed by atoms with Gasteiger partial charge in [0, 0.05) is 0 Å². The van der Waals surface area contributed by atoms with Crippen LogP contribution < -0.4 is 28.4 Å². The number of hydrogen-bond acceptors (Lipinski definition) is 12. The van der Waals surface area contributed by atoms with E-state index in [-0.39, 0.29) is 36.1 Å². The fourth-order valence-corrected chi connectivity index (χ4v) is 11.1. The number of nitrogens with zero attached hydrogens (tertiary/aromatic N) is 6. The third kappa shape index (κ3) is 12.9. The van der Waals surface area contributed by atoms with Crippen LogP contribution in [0.2, 0.25) is 0 Å². The quantitative estimate of drug-likeness (QED) is 0.0860. The second kappa shape index (κ2) is 24.1. The first-order valence-electron chi connectivity index (χ1n) is 27.8. The van der Waals surface area contributed by atoms with Crippen LogP contribution in [0.1, 0.15) is 131 Å². The van der Waals surface area contributed by atoms with Crippen LogP contribution in [0.3, 0.4) is 0 Å². The smallest absolute Gasteiger partial charge is 0.331 e. The van der Waals surface area contributed by atoms with E-state index in [1.165, 1.54) is 113 Å². The first-order chi connectivity index (χ1) is 38.5. The molecule has 2 heterocycles. The number of benzene rings is 7. The average Bonchev–Trinajstić information content (AvgIpc) is 3.49. The van der Waals surface area contributed by atoms with Gasteiger partial charge in [0.1, 0.15) is 34.5 Å². The Bertz CT molecular complexity index is 3280. The van der Waals surface area contributed by atoms with Crippen LogP contribution in [0.5, 0.6) is 70.6 Å². The molecule has 2 aromatic heterocycles. The van der Waals surface area contributed by atoms with Crippen LogP contribution in [-0.4, -0.2) is 29.9 Å². The average molecular weight is 1040 g/mol. The largest absolute Gasteiger partial charge is 0.424 e. The van der Waals surface area contributed by atoms with E-state index < -0.39 is 0 Å². The van der Waals surface area contributed by atoms with Gasteiger partial charge in [-0.15, -0.1) is 29.9 Å². The van der Waals surface area contributed by atoms with Crippen molar-refractivity contribution in [3.63, 3.8) is 0 Å². The molecule has 0 unspecified atom stereocenters. The van der Waals surface area contributed by atoms with Crippen LogP contribution in [0.25, 0.3) is 22.3 Å². The third-order valence-electron chi connectivity index (χ3n) is 15.3. The van der Waals surface area contributed by atoms with Crippen LogP contribution in [0, 0.1) is 0 Å². The Kier molecular flexibility index (Phi) is 15.5. The Morgan fingerprint density at radius 1 is 0.218 bits per heavy atom. The van der Waals surface area contributed by atoms with Gasteiger partial charge in [-0.05, 0) is 168 Å². The van der Waals surface area contributed by atoms with E-state index in [1.54, 1.807) is 0 Å². The Hall–Kier alpha value is -8.64. The van der Waals surface area contributed by atoms with Crippen molar-refractivity contribution in [2.24, 2.45) is 0 Å². The molecule has 0 amide bonds. The summed E-state index contributed by atoms with van der Waals surface area (Å²) in [4.78, 5) is 27.4. The summed E-state index contributed by atoms with van der Waals surface area (Å²) in [5.41, 5.74) is 8.07. The highest BCUT2D eigenvalue weighted by molar-refractivity contribution is 5.65. The van der Waals surface area contributed by atoms with Crippen molar-refractivity contribution in [1.82, 2.24) is 29.9 Å². The van der Waals surface area contributed by atoms with Gasteiger partial charge in [0.25, 0.3) is 0 Å². The van der Waals surface area contributed by atoms with Gasteiger partial charge >= 0.3 is 36.1 Å². The van der Waals surface area contributed by atoms with Crippen molar-refractivity contribution in [3.05, 3.63) is 193 Å². The number of aromatic nitrogens is 6. The van der Waals surface area contributed by atoms with Crippen molar-refractivity contribution in [3.8, 4) is 92.8 Å². The SMILES string of the molecule is c1ccc(-c2ccc(Oc3nc(Oc4ccc(-c5ccc(Oc6nc(Oc7ccc(C8CCCCC8)cc7)nc(Oc7ccc(C8CCCCC8)cc7)n6)cc5)cc4)nc(Oc4ccc(C5CCCCC5)cc4)n3)cc2)cc1. The topological polar surface area (TPSA) is 133 Å². The lowest BCUT2D eigenvalue weighted by Gasteiger charge is -2.22. The number of ether oxygens (including phenoxy) is 6. The van der Waals surface area contributed by atoms with Gasteiger partial charge in [-0.3, -0.25) is 0 Å². The second-order valence-electron chi connectivity index (χ2n) is 20.6. The maximum Gasteiger partial charge on any atom is 0.331 e. The molecule has 12 rings (SSSR count). The molecule has 12 nitrogen and oxygen atoms in total. The van der Waals surface area contributed by atoms with E-state index in [0.717, 1.165) is 22.3 Å². The van der Waals surface area contributed by atoms with Crippen LogP contribution in [0.15, 0.2) is 176 Å². The van der Waals surface area contributed by atoms with Gasteiger partial charge in [-0.2, -0.15) is 0 Å². The molecule has 12 heteroatoms. The molecule has 0 atom stereocenters. The summed E-state index contributed by atoms with van der Waals surface area (Å²) in [6.45, 7) is 0. The molecule has 0 spiro atoms. The number of hydrogen-bond donors (Lipinski definition) is 0. The second-order valence-corrected chi connectivity index (χ2v) is 20.6. The lowest BCUT2D eigenvalue weighted by molar-refractivity contribution is 0.361. The zero-order valence-electron chi connectivity index (χ0n) is 43.7. The van der Waals surface area contributed by atoms with Crippen molar-refractivity contribution in [1.29, 1.82) is 0 Å². The molecule has 3 aliphatic carbocycles. The summed E-state index contributed by atoms with van der Waals surface area (Å²) >= 11 is 0. The van der Waals surface area contributed by atoms with E-state index in [0.29, 0.717) is 52.3 Å². The van der Waals surface area contributed by atoms with Crippen LogP contribution in [-0.2, 0) is 0 Å². The Balaban J connectivity index is 0.742. The summed E-state index contributed by atoms with van der Waals surface area (Å²) in [5, 5.41) is 0. The fourth-order valence-electron chi connectivity index (χ4n) is 11.1. The molecule has 78 heavy (non-hydrogen) atoms. The van der Waals surface area contributed by atoms with E-state index in [9.17, 15) is 0 Å². The highest BCUT2D eigenvalue weighted by Gasteiger charge is 2.21. The molecule has 0 aliphatic heterocycles. The van der Waals surface area contributed by atoms with E-state index in [4.69, 9.17) is 28.4 Å². The molecular formula is C66H62N6O6. The van der Waals surface area contributed by atoms with Crippen molar-refractivity contribution < 1.29 is 28.4 Å². The van der Waals surface area contributed by atoms with Gasteiger partial charge in [0.05, 0.1) is 0 Å². The van der Waals surface area contributed by atoms with Crippen molar-refractivity contribution >= 4 is 0 Å². The predicted molar refractivity (Wildman–Crippen MR) is 301 cm³/mol. The summed E-state index contributed by atoms with van der Waals surface area (Å²) in [5.74, 6) is 5.18. The molecule has 3 fully saturated rings. The lowest BCUT2D eigenvalue weighted by atomic mass is 9.84. The van der Waals surface area contributed by atoms with Crippen LogP contribution in [0.4, 0.5) is 0 Å².